The molecule has 0 amide bonds. The average Bonchev–Trinajstić information content (AvgIpc) is 3.29. The Morgan fingerprint density at radius 3 is 2.90 bits per heavy atom. The van der Waals surface area contributed by atoms with E-state index in [0.717, 1.165) is 42.8 Å². The maximum Gasteiger partial charge on any atom is 0.226 e. The third-order valence-electron chi connectivity index (χ3n) is 3.56. The molecule has 3 rings (SSSR count). The van der Waals surface area contributed by atoms with Gasteiger partial charge in [0.1, 0.15) is 0 Å². The molecule has 1 saturated carbocycles. The van der Waals surface area contributed by atoms with E-state index in [4.69, 9.17) is 4.74 Å². The lowest BCUT2D eigenvalue weighted by Crippen LogP contribution is -2.07. The number of para-hydroxylation sites is 1. The molecule has 0 unspecified atom stereocenters. The first kappa shape index (κ1) is 13.2. The second-order valence-electron chi connectivity index (χ2n) is 5.38. The molecule has 4 heteroatoms. The molecule has 0 spiro atoms. The van der Waals surface area contributed by atoms with Crippen molar-refractivity contribution in [3.05, 3.63) is 24.3 Å². The third-order valence-corrected chi connectivity index (χ3v) is 3.56. The molecule has 2 aromatic rings. The highest BCUT2D eigenvalue weighted by atomic mass is 16.5. The molecule has 1 heterocycles. The molecule has 1 aliphatic rings. The van der Waals surface area contributed by atoms with Crippen LogP contribution in [0.3, 0.4) is 0 Å². The molecular formula is C16H21N3O. The Labute approximate surface area is 119 Å². The van der Waals surface area contributed by atoms with Crippen LogP contribution in [-0.4, -0.2) is 23.1 Å². The number of benzene rings is 1. The number of rotatable bonds is 7. The highest BCUT2D eigenvalue weighted by Gasteiger charge is 2.21. The molecule has 0 saturated heterocycles. The van der Waals surface area contributed by atoms with Crippen LogP contribution >= 0.6 is 0 Å². The number of fused-ring (bicyclic) bond motifs is 1. The molecule has 20 heavy (non-hydrogen) atoms. The van der Waals surface area contributed by atoms with E-state index in [2.05, 4.69) is 22.2 Å². The van der Waals surface area contributed by atoms with Crippen LogP contribution in [0, 0.1) is 5.92 Å². The zero-order valence-corrected chi connectivity index (χ0v) is 11.9. The summed E-state index contributed by atoms with van der Waals surface area (Å²) in [5, 5.41) is 4.23. The van der Waals surface area contributed by atoms with Gasteiger partial charge in [0.15, 0.2) is 0 Å². The normalized spacial score (nSPS) is 14.4. The molecule has 106 valence electrons. The minimum absolute atomic E-state index is 0.659. The molecule has 0 atom stereocenters. The Hall–Kier alpha value is -1.84. The van der Waals surface area contributed by atoms with Gasteiger partial charge in [0.2, 0.25) is 11.8 Å². The zero-order chi connectivity index (χ0) is 13.8. The van der Waals surface area contributed by atoms with E-state index in [0.29, 0.717) is 11.8 Å². The maximum atomic E-state index is 5.90. The van der Waals surface area contributed by atoms with E-state index in [1.807, 2.05) is 24.3 Å². The van der Waals surface area contributed by atoms with Gasteiger partial charge in [-0.05, 0) is 30.9 Å². The van der Waals surface area contributed by atoms with Crippen LogP contribution < -0.4 is 10.1 Å². The first-order chi connectivity index (χ1) is 9.86. The van der Waals surface area contributed by atoms with Crippen molar-refractivity contribution in [3.8, 4) is 5.88 Å². The molecule has 0 radical (unpaired) electrons. The standard InChI is InChI=1S/C16H21N3O/c1-2-10-17-16-18-14-6-4-3-5-13(14)15(19-16)20-11-9-12-7-8-12/h3-6,12H,2,7-11H2,1H3,(H,17,18,19). The Morgan fingerprint density at radius 1 is 1.25 bits per heavy atom. The predicted octanol–water partition coefficient (Wildman–Crippen LogP) is 3.63. The Balaban J connectivity index is 1.81. The first-order valence-corrected chi connectivity index (χ1v) is 7.50. The summed E-state index contributed by atoms with van der Waals surface area (Å²) >= 11 is 0. The number of ether oxygens (including phenoxy) is 1. The van der Waals surface area contributed by atoms with E-state index in [1.165, 1.54) is 12.8 Å². The van der Waals surface area contributed by atoms with Gasteiger partial charge in [-0.15, -0.1) is 0 Å². The highest BCUT2D eigenvalue weighted by Crippen LogP contribution is 2.32. The van der Waals surface area contributed by atoms with Crippen LogP contribution in [0.15, 0.2) is 24.3 Å². The van der Waals surface area contributed by atoms with Crippen molar-refractivity contribution in [1.82, 2.24) is 9.97 Å². The van der Waals surface area contributed by atoms with E-state index >= 15 is 0 Å². The summed E-state index contributed by atoms with van der Waals surface area (Å²) in [5.41, 5.74) is 0.933. The van der Waals surface area contributed by atoms with Gasteiger partial charge in [-0.2, -0.15) is 4.98 Å². The molecule has 1 N–H and O–H groups in total. The van der Waals surface area contributed by atoms with Crippen LogP contribution in [0.4, 0.5) is 5.95 Å². The lowest BCUT2D eigenvalue weighted by molar-refractivity contribution is 0.295. The molecular weight excluding hydrogens is 250 g/mol. The van der Waals surface area contributed by atoms with E-state index in [1.54, 1.807) is 0 Å². The van der Waals surface area contributed by atoms with Gasteiger partial charge in [-0.1, -0.05) is 31.9 Å². The number of anilines is 1. The molecule has 1 aliphatic carbocycles. The summed E-state index contributed by atoms with van der Waals surface area (Å²) in [6.45, 7) is 3.75. The monoisotopic (exact) mass is 271 g/mol. The summed E-state index contributed by atoms with van der Waals surface area (Å²) in [6.07, 6.45) is 4.90. The van der Waals surface area contributed by atoms with Crippen molar-refractivity contribution in [2.24, 2.45) is 5.92 Å². The van der Waals surface area contributed by atoms with E-state index < -0.39 is 0 Å². The van der Waals surface area contributed by atoms with Gasteiger partial charge in [0.25, 0.3) is 0 Å². The third kappa shape index (κ3) is 3.18. The van der Waals surface area contributed by atoms with Gasteiger partial charge in [-0.3, -0.25) is 0 Å². The molecule has 1 aromatic carbocycles. The second-order valence-corrected chi connectivity index (χ2v) is 5.38. The van der Waals surface area contributed by atoms with Crippen LogP contribution in [0.5, 0.6) is 5.88 Å². The smallest absolute Gasteiger partial charge is 0.226 e. The van der Waals surface area contributed by atoms with Gasteiger partial charge in [0, 0.05) is 6.54 Å². The fourth-order valence-corrected chi connectivity index (χ4v) is 2.20. The minimum atomic E-state index is 0.659. The zero-order valence-electron chi connectivity index (χ0n) is 11.9. The van der Waals surface area contributed by atoms with Crippen LogP contribution in [-0.2, 0) is 0 Å². The molecule has 4 nitrogen and oxygen atoms in total. The Kier molecular flexibility index (Phi) is 4.00. The Bertz CT molecular complexity index is 581. The number of nitrogens with zero attached hydrogens (tertiary/aromatic N) is 2. The molecule has 1 aromatic heterocycles. The molecule has 0 bridgehead atoms. The number of nitrogens with one attached hydrogen (secondary N) is 1. The summed E-state index contributed by atoms with van der Waals surface area (Å²) in [4.78, 5) is 9.04. The summed E-state index contributed by atoms with van der Waals surface area (Å²) in [6, 6.07) is 8.01. The lowest BCUT2D eigenvalue weighted by atomic mass is 10.2. The van der Waals surface area contributed by atoms with Gasteiger partial charge >= 0.3 is 0 Å². The van der Waals surface area contributed by atoms with Crippen molar-refractivity contribution >= 4 is 16.9 Å². The van der Waals surface area contributed by atoms with Crippen LogP contribution in [0.25, 0.3) is 10.9 Å². The quantitative estimate of drug-likeness (QED) is 0.835. The lowest BCUT2D eigenvalue weighted by Gasteiger charge is -2.10. The molecule has 0 aliphatic heterocycles. The van der Waals surface area contributed by atoms with E-state index in [9.17, 15) is 0 Å². The predicted molar refractivity (Wildman–Crippen MR) is 81.2 cm³/mol. The van der Waals surface area contributed by atoms with Crippen LogP contribution in [0.1, 0.15) is 32.6 Å². The Morgan fingerprint density at radius 2 is 2.10 bits per heavy atom. The number of hydrogen-bond acceptors (Lipinski definition) is 4. The van der Waals surface area contributed by atoms with Crippen LogP contribution in [0.2, 0.25) is 0 Å². The van der Waals surface area contributed by atoms with E-state index in [-0.39, 0.29) is 0 Å². The van der Waals surface area contributed by atoms with Gasteiger partial charge < -0.3 is 10.1 Å². The van der Waals surface area contributed by atoms with Crippen molar-refractivity contribution in [1.29, 1.82) is 0 Å². The van der Waals surface area contributed by atoms with Crippen molar-refractivity contribution < 1.29 is 4.74 Å². The summed E-state index contributed by atoms with van der Waals surface area (Å²) < 4.78 is 5.90. The fourth-order valence-electron chi connectivity index (χ4n) is 2.20. The topological polar surface area (TPSA) is 47.0 Å². The van der Waals surface area contributed by atoms with Crippen molar-refractivity contribution in [2.75, 3.05) is 18.5 Å². The SMILES string of the molecule is CCCNc1nc(OCCC2CC2)c2ccccc2n1. The number of hydrogen-bond donors (Lipinski definition) is 1. The van der Waals surface area contributed by atoms with Crippen molar-refractivity contribution in [2.45, 2.75) is 32.6 Å². The average molecular weight is 271 g/mol. The second kappa shape index (κ2) is 6.07. The number of aromatic nitrogens is 2. The minimum Gasteiger partial charge on any atom is -0.477 e. The molecule has 1 fully saturated rings. The fraction of sp³-hybridized carbons (Fsp3) is 0.500. The highest BCUT2D eigenvalue weighted by molar-refractivity contribution is 5.84. The van der Waals surface area contributed by atoms with Gasteiger partial charge in [0.05, 0.1) is 17.5 Å². The maximum absolute atomic E-state index is 5.90. The first-order valence-electron chi connectivity index (χ1n) is 7.50. The summed E-state index contributed by atoms with van der Waals surface area (Å²) in [7, 11) is 0. The van der Waals surface area contributed by atoms with Crippen molar-refractivity contribution in [3.63, 3.8) is 0 Å². The summed E-state index contributed by atoms with van der Waals surface area (Å²) in [5.74, 6) is 2.24. The van der Waals surface area contributed by atoms with Gasteiger partial charge in [-0.25, -0.2) is 4.98 Å². The largest absolute Gasteiger partial charge is 0.477 e.